The van der Waals surface area contributed by atoms with Crippen LogP contribution in [0.25, 0.3) is 0 Å². The Labute approximate surface area is 136 Å². The molecule has 0 bridgehead atoms. The van der Waals surface area contributed by atoms with Gasteiger partial charge in [0.25, 0.3) is 0 Å². The number of hydrogen-bond donors (Lipinski definition) is 1. The molecular weight excluding hydrogens is 298 g/mol. The highest BCUT2D eigenvalue weighted by Gasteiger charge is 2.19. The number of alkyl halides is 1. The van der Waals surface area contributed by atoms with Gasteiger partial charge in [-0.25, -0.2) is 0 Å². The maximum Gasteiger partial charge on any atom is 0.242 e. The second-order valence-corrected chi connectivity index (χ2v) is 5.67. The van der Waals surface area contributed by atoms with Crippen LogP contribution in [-0.2, 0) is 11.4 Å². The highest BCUT2D eigenvalue weighted by molar-refractivity contribution is 6.30. The topological polar surface area (TPSA) is 38.3 Å². The number of ether oxygens (including phenoxy) is 1. The van der Waals surface area contributed by atoms with Gasteiger partial charge in [-0.3, -0.25) is 4.79 Å². The number of rotatable bonds is 5. The predicted molar refractivity (Wildman–Crippen MR) is 89.4 cm³/mol. The highest BCUT2D eigenvalue weighted by Crippen LogP contribution is 2.26. The third-order valence-corrected chi connectivity index (χ3v) is 3.96. The van der Waals surface area contributed by atoms with Gasteiger partial charge in [0.1, 0.15) is 17.7 Å². The molecule has 4 heteroatoms. The summed E-state index contributed by atoms with van der Waals surface area (Å²) in [6.07, 6.45) is 0. The van der Waals surface area contributed by atoms with Gasteiger partial charge in [0.2, 0.25) is 5.91 Å². The monoisotopic (exact) mass is 317 g/mol. The van der Waals surface area contributed by atoms with Gasteiger partial charge in [0, 0.05) is 7.05 Å². The molecule has 1 unspecified atom stereocenters. The summed E-state index contributed by atoms with van der Waals surface area (Å²) in [5.74, 6) is 0.627. The van der Waals surface area contributed by atoms with Gasteiger partial charge in [-0.1, -0.05) is 36.4 Å². The Balaban J connectivity index is 2.20. The molecule has 2 aromatic rings. The van der Waals surface area contributed by atoms with Crippen molar-refractivity contribution in [3.05, 3.63) is 64.7 Å². The third-order valence-electron chi connectivity index (χ3n) is 3.53. The van der Waals surface area contributed by atoms with Crippen molar-refractivity contribution < 1.29 is 9.53 Å². The summed E-state index contributed by atoms with van der Waals surface area (Å²) in [5, 5.41) is 1.85. The number of carbonyl (C=O) groups excluding carboxylic acids is 1. The van der Waals surface area contributed by atoms with Crippen molar-refractivity contribution in [2.75, 3.05) is 7.05 Å². The summed E-state index contributed by atoms with van der Waals surface area (Å²) in [6, 6.07) is 13.7. The number of amides is 1. The zero-order valence-corrected chi connectivity index (χ0v) is 13.8. The molecule has 0 heterocycles. The van der Waals surface area contributed by atoms with E-state index in [1.54, 1.807) is 7.05 Å². The molecule has 0 fully saturated rings. The van der Waals surface area contributed by atoms with Crippen molar-refractivity contribution in [3.8, 4) is 5.75 Å². The van der Waals surface area contributed by atoms with Crippen LogP contribution in [0.2, 0.25) is 0 Å². The van der Waals surface area contributed by atoms with Crippen LogP contribution in [0.15, 0.2) is 42.5 Å². The Morgan fingerprint density at radius 2 is 1.95 bits per heavy atom. The molecule has 0 spiro atoms. The van der Waals surface area contributed by atoms with Crippen LogP contribution in [0.5, 0.6) is 5.75 Å². The normalized spacial score (nSPS) is 11.8. The minimum atomic E-state index is -0.719. The molecule has 0 saturated heterocycles. The SMILES string of the molecule is CNC(=O)C(Cl)c1ccccc1COc1cc(C)ccc1C. The van der Waals surface area contributed by atoms with E-state index in [4.69, 9.17) is 16.3 Å². The van der Waals surface area contributed by atoms with Gasteiger partial charge >= 0.3 is 0 Å². The summed E-state index contributed by atoms with van der Waals surface area (Å²) >= 11 is 6.23. The molecular formula is C18H20ClNO2. The summed E-state index contributed by atoms with van der Waals surface area (Å²) in [5.41, 5.74) is 3.91. The van der Waals surface area contributed by atoms with Gasteiger partial charge < -0.3 is 10.1 Å². The lowest BCUT2D eigenvalue weighted by molar-refractivity contribution is -0.120. The first-order valence-corrected chi connectivity index (χ1v) is 7.60. The highest BCUT2D eigenvalue weighted by atomic mass is 35.5. The average molecular weight is 318 g/mol. The maximum atomic E-state index is 11.8. The van der Waals surface area contributed by atoms with Crippen molar-refractivity contribution in [2.45, 2.75) is 25.8 Å². The summed E-state index contributed by atoms with van der Waals surface area (Å²) in [6.45, 7) is 4.41. The van der Waals surface area contributed by atoms with E-state index in [0.29, 0.717) is 6.61 Å². The molecule has 0 radical (unpaired) electrons. The predicted octanol–water partition coefficient (Wildman–Crippen LogP) is 3.91. The second kappa shape index (κ2) is 7.32. The smallest absolute Gasteiger partial charge is 0.242 e. The number of halogens is 1. The van der Waals surface area contributed by atoms with E-state index < -0.39 is 5.38 Å². The molecule has 1 N–H and O–H groups in total. The molecule has 0 aliphatic carbocycles. The number of nitrogens with one attached hydrogen (secondary N) is 1. The van der Waals surface area contributed by atoms with Crippen molar-refractivity contribution in [2.24, 2.45) is 0 Å². The molecule has 0 aliphatic rings. The van der Waals surface area contributed by atoms with E-state index in [-0.39, 0.29) is 5.91 Å². The first kappa shape index (κ1) is 16.4. The van der Waals surface area contributed by atoms with Gasteiger partial charge in [-0.15, -0.1) is 11.6 Å². The van der Waals surface area contributed by atoms with E-state index in [1.165, 1.54) is 0 Å². The molecule has 1 atom stereocenters. The van der Waals surface area contributed by atoms with E-state index in [1.807, 2.05) is 50.2 Å². The van der Waals surface area contributed by atoms with Crippen molar-refractivity contribution in [1.82, 2.24) is 5.32 Å². The van der Waals surface area contributed by atoms with Crippen LogP contribution in [-0.4, -0.2) is 13.0 Å². The minimum Gasteiger partial charge on any atom is -0.489 e. The molecule has 22 heavy (non-hydrogen) atoms. The molecule has 2 rings (SSSR count). The largest absolute Gasteiger partial charge is 0.489 e. The van der Waals surface area contributed by atoms with Gasteiger partial charge in [0.15, 0.2) is 0 Å². The van der Waals surface area contributed by atoms with Gasteiger partial charge in [-0.05, 0) is 42.2 Å². The third kappa shape index (κ3) is 3.80. The quantitative estimate of drug-likeness (QED) is 0.849. The fraction of sp³-hybridized carbons (Fsp3) is 0.278. The number of hydrogen-bond acceptors (Lipinski definition) is 2. The lowest BCUT2D eigenvalue weighted by atomic mass is 10.0. The summed E-state index contributed by atoms with van der Waals surface area (Å²) in [7, 11) is 1.58. The number of aryl methyl sites for hydroxylation is 2. The van der Waals surface area contributed by atoms with Crippen molar-refractivity contribution >= 4 is 17.5 Å². The number of likely N-dealkylation sites (N-methyl/N-ethyl adjacent to an activating group) is 1. The lowest BCUT2D eigenvalue weighted by Crippen LogP contribution is -2.23. The van der Waals surface area contributed by atoms with Crippen LogP contribution >= 0.6 is 11.6 Å². The molecule has 2 aromatic carbocycles. The van der Waals surface area contributed by atoms with Gasteiger partial charge in [0.05, 0.1) is 0 Å². The Bertz CT molecular complexity index is 670. The summed E-state index contributed by atoms with van der Waals surface area (Å²) in [4.78, 5) is 11.8. The second-order valence-electron chi connectivity index (χ2n) is 5.23. The van der Waals surface area contributed by atoms with Crippen LogP contribution in [0.3, 0.4) is 0 Å². The standard InChI is InChI=1S/C18H20ClNO2/c1-12-8-9-13(2)16(10-12)22-11-14-6-4-5-7-15(14)17(19)18(21)20-3/h4-10,17H,11H2,1-3H3,(H,20,21). The van der Waals surface area contributed by atoms with E-state index >= 15 is 0 Å². The maximum absolute atomic E-state index is 11.8. The zero-order valence-electron chi connectivity index (χ0n) is 13.0. The number of benzene rings is 2. The van der Waals surface area contributed by atoms with E-state index in [2.05, 4.69) is 11.4 Å². The Morgan fingerprint density at radius 3 is 2.68 bits per heavy atom. The van der Waals surface area contributed by atoms with Crippen LogP contribution in [0, 0.1) is 13.8 Å². The Morgan fingerprint density at radius 1 is 1.23 bits per heavy atom. The zero-order chi connectivity index (χ0) is 16.1. The fourth-order valence-electron chi connectivity index (χ4n) is 2.20. The lowest BCUT2D eigenvalue weighted by Gasteiger charge is -2.15. The van der Waals surface area contributed by atoms with E-state index in [0.717, 1.165) is 28.0 Å². The van der Waals surface area contributed by atoms with Gasteiger partial charge in [-0.2, -0.15) is 0 Å². The van der Waals surface area contributed by atoms with E-state index in [9.17, 15) is 4.79 Å². The minimum absolute atomic E-state index is 0.221. The molecule has 0 aromatic heterocycles. The molecule has 3 nitrogen and oxygen atoms in total. The van der Waals surface area contributed by atoms with Crippen LogP contribution < -0.4 is 10.1 Å². The fourth-order valence-corrected chi connectivity index (χ4v) is 2.52. The van der Waals surface area contributed by atoms with Crippen LogP contribution in [0.1, 0.15) is 27.6 Å². The molecule has 1 amide bonds. The Kier molecular flexibility index (Phi) is 5.45. The van der Waals surface area contributed by atoms with Crippen molar-refractivity contribution in [1.29, 1.82) is 0 Å². The summed E-state index contributed by atoms with van der Waals surface area (Å²) < 4.78 is 5.92. The molecule has 0 saturated carbocycles. The molecule has 0 aliphatic heterocycles. The first-order chi connectivity index (χ1) is 10.5. The first-order valence-electron chi connectivity index (χ1n) is 7.16. The van der Waals surface area contributed by atoms with Crippen molar-refractivity contribution in [3.63, 3.8) is 0 Å². The Hall–Kier alpha value is -2.00. The number of carbonyl (C=O) groups is 1. The molecule has 116 valence electrons. The van der Waals surface area contributed by atoms with Crippen LogP contribution in [0.4, 0.5) is 0 Å². The average Bonchev–Trinajstić information content (AvgIpc) is 2.54.